The topological polar surface area (TPSA) is 136 Å². The van der Waals surface area contributed by atoms with E-state index in [1.807, 2.05) is 5.32 Å². The lowest BCUT2D eigenvalue weighted by Crippen LogP contribution is -2.60. The van der Waals surface area contributed by atoms with Crippen molar-refractivity contribution in [3.8, 4) is 0 Å². The molecule has 0 aromatic heterocycles. The Labute approximate surface area is 213 Å². The first-order valence-electron chi connectivity index (χ1n) is 10.9. The number of carbonyl (C=O) groups is 2. The molecule has 1 aromatic carbocycles. The predicted molar refractivity (Wildman–Crippen MR) is 121 cm³/mol. The monoisotopic (exact) mass is 559 g/mol. The highest BCUT2D eigenvalue weighted by molar-refractivity contribution is 6.06. The summed E-state index contributed by atoms with van der Waals surface area (Å²) in [7, 11) is 0.898. The van der Waals surface area contributed by atoms with Crippen LogP contribution in [0.3, 0.4) is 0 Å². The van der Waals surface area contributed by atoms with Crippen LogP contribution in [0.15, 0.2) is 24.4 Å². The average molecular weight is 559 g/mol. The molecule has 0 aliphatic rings. The summed E-state index contributed by atoms with van der Waals surface area (Å²) in [6.07, 6.45) is -5.95. The number of methoxy groups -OCH3 is 1. The summed E-state index contributed by atoms with van der Waals surface area (Å²) in [5, 5.41) is 25.7. The van der Waals surface area contributed by atoms with Crippen LogP contribution < -0.4 is 21.3 Å². The van der Waals surface area contributed by atoms with Gasteiger partial charge in [0.1, 0.15) is 17.7 Å². The summed E-state index contributed by atoms with van der Waals surface area (Å²) in [4.78, 5) is 23.8. The molecule has 0 fully saturated rings. The third-order valence-electron chi connectivity index (χ3n) is 5.28. The van der Waals surface area contributed by atoms with Crippen molar-refractivity contribution in [1.29, 1.82) is 5.41 Å². The van der Waals surface area contributed by atoms with Gasteiger partial charge in [0.15, 0.2) is 0 Å². The van der Waals surface area contributed by atoms with Gasteiger partial charge in [0, 0.05) is 37.0 Å². The number of nitrogens with one attached hydrogen (secondary N) is 5. The second kappa shape index (κ2) is 13.9. The van der Waals surface area contributed by atoms with E-state index in [-0.39, 0.29) is 12.1 Å². The van der Waals surface area contributed by atoms with Crippen molar-refractivity contribution in [3.63, 3.8) is 0 Å². The van der Waals surface area contributed by atoms with Crippen LogP contribution >= 0.6 is 0 Å². The molecule has 2 amide bonds. The zero-order valence-electron chi connectivity index (χ0n) is 20.5. The molecule has 0 aliphatic heterocycles. The lowest BCUT2D eigenvalue weighted by molar-refractivity contribution is -0.220. The number of carbonyl (C=O) groups excluding carboxylic acids is 2. The van der Waals surface area contributed by atoms with Gasteiger partial charge in [0.2, 0.25) is 5.91 Å². The van der Waals surface area contributed by atoms with E-state index in [1.165, 1.54) is 0 Å². The number of amides is 2. The van der Waals surface area contributed by atoms with E-state index in [0.717, 1.165) is 31.5 Å². The van der Waals surface area contributed by atoms with Gasteiger partial charge in [-0.1, -0.05) is 0 Å². The summed E-state index contributed by atoms with van der Waals surface area (Å²) >= 11 is 0. The zero-order valence-corrected chi connectivity index (χ0v) is 20.5. The van der Waals surface area contributed by atoms with Gasteiger partial charge in [-0.3, -0.25) is 4.79 Å². The van der Waals surface area contributed by atoms with Crippen molar-refractivity contribution < 1.29 is 50.2 Å². The third-order valence-corrected chi connectivity index (χ3v) is 5.28. The molecular weight excluding hydrogens is 531 g/mol. The molecule has 0 saturated carbocycles. The standard InChI is InChI=1S/C22H28F7N5O4/c1-21(2,22(27,28)29)17(34-20(37)38-3)18(36)33-9-12(35)8-31-10-13-14(23)6-11(7-15(13)24)16(30)4-5-32-19(25)26/h4-7,12,17,19,30-32,35H,8-10H2,1-3H3,(H,33,36)(H,34,37)/b5-4-,30-16?/t12-,17+/m0/s1. The summed E-state index contributed by atoms with van der Waals surface area (Å²) in [6, 6.07) is -0.484. The first kappa shape index (κ1) is 32.6. The molecule has 0 aliphatic carbocycles. The maximum absolute atomic E-state index is 14.3. The predicted octanol–water partition coefficient (Wildman–Crippen LogP) is 2.54. The van der Waals surface area contributed by atoms with Crippen molar-refractivity contribution in [1.82, 2.24) is 21.3 Å². The van der Waals surface area contributed by atoms with Crippen LogP contribution in [0.5, 0.6) is 0 Å². The number of aliphatic hydroxyl groups excluding tert-OH is 1. The van der Waals surface area contributed by atoms with Crippen LogP contribution in [0.4, 0.5) is 35.5 Å². The molecule has 0 unspecified atom stereocenters. The van der Waals surface area contributed by atoms with Gasteiger partial charge in [0.25, 0.3) is 0 Å². The van der Waals surface area contributed by atoms with Gasteiger partial charge in [0.05, 0.1) is 24.3 Å². The van der Waals surface area contributed by atoms with Crippen LogP contribution in [0.2, 0.25) is 0 Å². The zero-order chi connectivity index (χ0) is 29.3. The maximum atomic E-state index is 14.3. The molecule has 0 bridgehead atoms. The maximum Gasteiger partial charge on any atom is 0.407 e. The summed E-state index contributed by atoms with van der Waals surface area (Å²) < 4.78 is 97.3. The van der Waals surface area contributed by atoms with Crippen molar-refractivity contribution >= 4 is 17.7 Å². The molecule has 1 aromatic rings. The molecular formula is C22H28F7N5O4. The highest BCUT2D eigenvalue weighted by atomic mass is 19.4. The Morgan fingerprint density at radius 1 is 1.13 bits per heavy atom. The van der Waals surface area contributed by atoms with E-state index in [1.54, 1.807) is 5.32 Å². The number of rotatable bonds is 13. The van der Waals surface area contributed by atoms with Gasteiger partial charge in [-0.05, 0) is 32.1 Å². The second-order valence-electron chi connectivity index (χ2n) is 8.45. The van der Waals surface area contributed by atoms with E-state index in [4.69, 9.17) is 5.41 Å². The van der Waals surface area contributed by atoms with Gasteiger partial charge < -0.3 is 36.5 Å². The van der Waals surface area contributed by atoms with E-state index in [9.17, 15) is 45.4 Å². The summed E-state index contributed by atoms with van der Waals surface area (Å²) in [5.74, 6) is -3.40. The van der Waals surface area contributed by atoms with Crippen molar-refractivity contribution in [2.24, 2.45) is 5.41 Å². The fraction of sp³-hybridized carbons (Fsp3) is 0.500. The Bertz CT molecular complexity index is 995. The molecule has 1 rings (SSSR count). The third kappa shape index (κ3) is 9.48. The van der Waals surface area contributed by atoms with Crippen molar-refractivity contribution in [2.75, 3.05) is 20.2 Å². The Hall–Kier alpha value is -3.40. The van der Waals surface area contributed by atoms with Gasteiger partial charge in [-0.25, -0.2) is 13.6 Å². The number of hydrogen-bond acceptors (Lipinski definition) is 7. The summed E-state index contributed by atoms with van der Waals surface area (Å²) in [6.45, 7) is -2.87. The number of ether oxygens (including phenoxy) is 1. The number of aliphatic hydroxyl groups is 1. The van der Waals surface area contributed by atoms with E-state index in [0.29, 0.717) is 13.8 Å². The molecule has 214 valence electrons. The highest BCUT2D eigenvalue weighted by Crippen LogP contribution is 2.40. The van der Waals surface area contributed by atoms with Crippen LogP contribution in [0.1, 0.15) is 25.0 Å². The lowest BCUT2D eigenvalue weighted by atomic mass is 9.83. The number of alkyl carbamates (subject to hydrolysis) is 1. The van der Waals surface area contributed by atoms with E-state index in [2.05, 4.69) is 15.4 Å². The minimum atomic E-state index is -4.89. The summed E-state index contributed by atoms with van der Waals surface area (Å²) in [5.41, 5.74) is -3.85. The Morgan fingerprint density at radius 3 is 2.21 bits per heavy atom. The molecule has 0 heterocycles. The number of hydrogen-bond donors (Lipinski definition) is 6. The number of halogens is 7. The fourth-order valence-electron chi connectivity index (χ4n) is 2.90. The van der Waals surface area contributed by atoms with Crippen LogP contribution in [0, 0.1) is 22.5 Å². The number of alkyl halides is 5. The van der Waals surface area contributed by atoms with Gasteiger partial charge in [-0.2, -0.15) is 22.0 Å². The molecule has 16 heteroatoms. The van der Waals surface area contributed by atoms with Crippen LogP contribution in [0.25, 0.3) is 0 Å². The lowest BCUT2D eigenvalue weighted by Gasteiger charge is -2.35. The van der Waals surface area contributed by atoms with Gasteiger partial charge in [-0.15, -0.1) is 0 Å². The molecule has 0 radical (unpaired) electrons. The average Bonchev–Trinajstić information content (AvgIpc) is 2.81. The molecule has 0 saturated heterocycles. The molecule has 0 spiro atoms. The van der Waals surface area contributed by atoms with Crippen molar-refractivity contribution in [2.45, 2.75) is 45.3 Å². The Morgan fingerprint density at radius 2 is 1.71 bits per heavy atom. The minimum Gasteiger partial charge on any atom is -0.453 e. The largest absolute Gasteiger partial charge is 0.453 e. The smallest absolute Gasteiger partial charge is 0.407 e. The molecule has 6 N–H and O–H groups in total. The second-order valence-corrected chi connectivity index (χ2v) is 8.45. The normalized spacial score (nSPS) is 13.8. The van der Waals surface area contributed by atoms with Gasteiger partial charge >= 0.3 is 18.8 Å². The van der Waals surface area contributed by atoms with Crippen LogP contribution in [-0.2, 0) is 16.1 Å². The van der Waals surface area contributed by atoms with Crippen molar-refractivity contribution in [3.05, 3.63) is 47.2 Å². The van der Waals surface area contributed by atoms with Crippen LogP contribution in [-0.4, -0.2) is 67.9 Å². The Kier molecular flexibility index (Phi) is 12.0. The highest BCUT2D eigenvalue weighted by Gasteiger charge is 2.55. The molecule has 9 nitrogen and oxygen atoms in total. The number of allylic oxidation sites excluding steroid dienone is 1. The quantitative estimate of drug-likeness (QED) is 0.125. The van der Waals surface area contributed by atoms with E-state index >= 15 is 0 Å². The first-order chi connectivity index (χ1) is 17.5. The molecule has 2 atom stereocenters. The first-order valence-corrected chi connectivity index (χ1v) is 10.9. The Balaban J connectivity index is 2.73. The van der Waals surface area contributed by atoms with E-state index < -0.39 is 78.3 Å². The minimum absolute atomic E-state index is 0.226. The molecule has 38 heavy (non-hydrogen) atoms. The fourth-order valence-corrected chi connectivity index (χ4v) is 2.90. The number of benzene rings is 1. The SMILES string of the molecule is COC(=O)N[C@H](C(=O)NC[C@@H](O)CNCc1c(F)cc(C(=N)/C=C\NC(F)F)cc1F)C(C)(C)C(F)(F)F.